The number of aromatic nitrogens is 4. The molecule has 2 N–H and O–H groups in total. The summed E-state index contributed by atoms with van der Waals surface area (Å²) in [6.07, 6.45) is 2.17. The summed E-state index contributed by atoms with van der Waals surface area (Å²) in [5.74, 6) is 0.772. The highest BCUT2D eigenvalue weighted by atomic mass is 79.9. The van der Waals surface area contributed by atoms with Crippen LogP contribution in [-0.4, -0.2) is 20.2 Å². The number of hydrogen-bond acceptors (Lipinski definition) is 4. The Hall–Kier alpha value is -1.43. The molecule has 0 atom stereocenters. The summed E-state index contributed by atoms with van der Waals surface area (Å²) >= 11 is 3.45. The Morgan fingerprint density at radius 3 is 2.89 bits per heavy atom. The molecular weight excluding hydrogens is 294 g/mol. The van der Waals surface area contributed by atoms with Crippen LogP contribution in [0.4, 0.5) is 5.69 Å². The Morgan fingerprint density at radius 2 is 2.17 bits per heavy atom. The van der Waals surface area contributed by atoms with Gasteiger partial charge in [-0.3, -0.25) is 0 Å². The molecule has 0 aliphatic heterocycles. The van der Waals surface area contributed by atoms with Crippen molar-refractivity contribution in [1.82, 2.24) is 20.2 Å². The van der Waals surface area contributed by atoms with Crippen LogP contribution >= 0.6 is 15.9 Å². The SMILES string of the molecule is CCCCn1nnnc1-c1cc(Br)cc(N)c1C. The van der Waals surface area contributed by atoms with Crippen molar-refractivity contribution < 1.29 is 0 Å². The molecule has 0 spiro atoms. The van der Waals surface area contributed by atoms with Crippen molar-refractivity contribution in [3.63, 3.8) is 0 Å². The van der Waals surface area contributed by atoms with Crippen molar-refractivity contribution in [3.05, 3.63) is 22.2 Å². The molecule has 96 valence electrons. The predicted molar refractivity (Wildman–Crippen MR) is 75.0 cm³/mol. The van der Waals surface area contributed by atoms with Crippen LogP contribution in [0, 0.1) is 6.92 Å². The predicted octanol–water partition coefficient (Wildman–Crippen LogP) is 2.79. The maximum Gasteiger partial charge on any atom is 0.182 e. The number of nitrogen functional groups attached to an aromatic ring is 1. The van der Waals surface area contributed by atoms with Crippen LogP contribution in [-0.2, 0) is 6.54 Å². The van der Waals surface area contributed by atoms with Crippen molar-refractivity contribution in [3.8, 4) is 11.4 Å². The van der Waals surface area contributed by atoms with E-state index in [1.165, 1.54) is 0 Å². The van der Waals surface area contributed by atoms with Crippen LogP contribution in [0.15, 0.2) is 16.6 Å². The molecule has 0 unspecified atom stereocenters. The Balaban J connectivity index is 2.45. The van der Waals surface area contributed by atoms with Gasteiger partial charge in [0.05, 0.1) is 0 Å². The van der Waals surface area contributed by atoms with Crippen molar-refractivity contribution in [2.24, 2.45) is 0 Å². The number of anilines is 1. The topological polar surface area (TPSA) is 69.6 Å². The first-order valence-electron chi connectivity index (χ1n) is 5.95. The van der Waals surface area contributed by atoms with E-state index in [1.807, 2.05) is 23.7 Å². The van der Waals surface area contributed by atoms with E-state index in [9.17, 15) is 0 Å². The van der Waals surface area contributed by atoms with E-state index >= 15 is 0 Å². The van der Waals surface area contributed by atoms with Gasteiger partial charge in [-0.2, -0.15) is 0 Å². The summed E-state index contributed by atoms with van der Waals surface area (Å²) in [5, 5.41) is 11.9. The number of tetrazole rings is 1. The third kappa shape index (κ3) is 2.53. The molecule has 2 aromatic rings. The first kappa shape index (κ1) is 13.0. The molecule has 0 amide bonds. The fourth-order valence-electron chi connectivity index (χ4n) is 1.79. The molecule has 1 aromatic carbocycles. The summed E-state index contributed by atoms with van der Waals surface area (Å²) < 4.78 is 2.77. The lowest BCUT2D eigenvalue weighted by molar-refractivity contribution is 0.557. The van der Waals surface area contributed by atoms with Crippen molar-refractivity contribution in [2.75, 3.05) is 5.73 Å². The number of nitrogens with zero attached hydrogens (tertiary/aromatic N) is 4. The number of nitrogens with two attached hydrogens (primary N) is 1. The molecule has 5 nitrogen and oxygen atoms in total. The van der Waals surface area contributed by atoms with Gasteiger partial charge in [0.1, 0.15) is 0 Å². The standard InChI is InChI=1S/C12H16BrN5/c1-3-4-5-18-12(15-16-17-18)10-6-9(13)7-11(14)8(10)2/h6-7H,3-5,14H2,1-2H3. The van der Waals surface area contributed by atoms with Crippen LogP contribution in [0.25, 0.3) is 11.4 Å². The second-order valence-corrected chi connectivity index (χ2v) is 5.16. The van der Waals surface area contributed by atoms with Gasteiger partial charge < -0.3 is 5.73 Å². The molecule has 0 saturated carbocycles. The molecule has 0 bridgehead atoms. The van der Waals surface area contributed by atoms with Crippen LogP contribution in [0.5, 0.6) is 0 Å². The van der Waals surface area contributed by atoms with Gasteiger partial charge in [0.25, 0.3) is 0 Å². The second kappa shape index (κ2) is 5.48. The normalized spacial score (nSPS) is 10.8. The Morgan fingerprint density at radius 1 is 1.39 bits per heavy atom. The number of unbranched alkanes of at least 4 members (excludes halogenated alkanes) is 1. The first-order valence-corrected chi connectivity index (χ1v) is 6.75. The third-order valence-electron chi connectivity index (χ3n) is 2.91. The molecule has 0 aliphatic carbocycles. The minimum absolute atomic E-state index is 0.740. The van der Waals surface area contributed by atoms with Gasteiger partial charge in [0.15, 0.2) is 5.82 Å². The first-order chi connectivity index (χ1) is 8.63. The average molecular weight is 310 g/mol. The van der Waals surface area contributed by atoms with Crippen molar-refractivity contribution >= 4 is 21.6 Å². The lowest BCUT2D eigenvalue weighted by atomic mass is 10.1. The van der Waals surface area contributed by atoms with E-state index in [1.54, 1.807) is 0 Å². The van der Waals surface area contributed by atoms with Gasteiger partial charge in [-0.1, -0.05) is 29.3 Å². The molecule has 18 heavy (non-hydrogen) atoms. The summed E-state index contributed by atoms with van der Waals surface area (Å²) in [6.45, 7) is 4.95. The maximum absolute atomic E-state index is 5.97. The highest BCUT2D eigenvalue weighted by Crippen LogP contribution is 2.29. The molecule has 0 radical (unpaired) electrons. The zero-order valence-corrected chi connectivity index (χ0v) is 12.1. The Labute approximate surface area is 115 Å². The van der Waals surface area contributed by atoms with E-state index < -0.39 is 0 Å². The molecule has 0 aliphatic rings. The summed E-state index contributed by atoms with van der Waals surface area (Å²) in [7, 11) is 0. The molecule has 2 rings (SSSR count). The van der Waals surface area contributed by atoms with E-state index in [-0.39, 0.29) is 0 Å². The Kier molecular flexibility index (Phi) is 3.96. The quantitative estimate of drug-likeness (QED) is 0.882. The largest absolute Gasteiger partial charge is 0.398 e. The zero-order chi connectivity index (χ0) is 13.1. The maximum atomic E-state index is 5.97. The fourth-order valence-corrected chi connectivity index (χ4v) is 2.26. The fraction of sp³-hybridized carbons (Fsp3) is 0.417. The number of halogens is 1. The van der Waals surface area contributed by atoms with E-state index in [0.29, 0.717) is 0 Å². The molecule has 0 fully saturated rings. The monoisotopic (exact) mass is 309 g/mol. The molecule has 1 heterocycles. The molecule has 0 saturated heterocycles. The number of aryl methyl sites for hydroxylation is 1. The van der Waals surface area contributed by atoms with Crippen LogP contribution < -0.4 is 5.73 Å². The lowest BCUT2D eigenvalue weighted by Gasteiger charge is -2.09. The summed E-state index contributed by atoms with van der Waals surface area (Å²) in [5.41, 5.74) is 8.69. The third-order valence-corrected chi connectivity index (χ3v) is 3.37. The molecule has 1 aromatic heterocycles. The van der Waals surface area contributed by atoms with E-state index in [0.717, 1.165) is 46.5 Å². The Bertz CT molecular complexity index is 549. The van der Waals surface area contributed by atoms with Crippen LogP contribution in [0.2, 0.25) is 0 Å². The average Bonchev–Trinajstić information content (AvgIpc) is 2.79. The van der Waals surface area contributed by atoms with Gasteiger partial charge in [0, 0.05) is 22.3 Å². The van der Waals surface area contributed by atoms with Crippen LogP contribution in [0.3, 0.4) is 0 Å². The molecule has 6 heteroatoms. The van der Waals surface area contributed by atoms with Gasteiger partial charge >= 0.3 is 0 Å². The van der Waals surface area contributed by atoms with E-state index in [4.69, 9.17) is 5.73 Å². The van der Waals surface area contributed by atoms with E-state index in [2.05, 4.69) is 38.4 Å². The van der Waals surface area contributed by atoms with Gasteiger partial charge in [-0.05, 0) is 41.5 Å². The zero-order valence-electron chi connectivity index (χ0n) is 10.5. The molecular formula is C12H16BrN5. The van der Waals surface area contributed by atoms with Crippen molar-refractivity contribution in [1.29, 1.82) is 0 Å². The minimum atomic E-state index is 0.740. The summed E-state index contributed by atoms with van der Waals surface area (Å²) in [4.78, 5) is 0. The lowest BCUT2D eigenvalue weighted by Crippen LogP contribution is -2.04. The minimum Gasteiger partial charge on any atom is -0.398 e. The highest BCUT2D eigenvalue weighted by molar-refractivity contribution is 9.10. The van der Waals surface area contributed by atoms with Gasteiger partial charge in [0.2, 0.25) is 0 Å². The second-order valence-electron chi connectivity index (χ2n) is 4.25. The van der Waals surface area contributed by atoms with Crippen LogP contribution in [0.1, 0.15) is 25.3 Å². The smallest absolute Gasteiger partial charge is 0.182 e. The van der Waals surface area contributed by atoms with Gasteiger partial charge in [-0.25, -0.2) is 4.68 Å². The number of rotatable bonds is 4. The summed E-state index contributed by atoms with van der Waals surface area (Å²) in [6, 6.07) is 3.89. The number of benzene rings is 1. The van der Waals surface area contributed by atoms with Gasteiger partial charge in [-0.15, -0.1) is 5.10 Å². The van der Waals surface area contributed by atoms with Crippen molar-refractivity contribution in [2.45, 2.75) is 33.2 Å². The number of hydrogen-bond donors (Lipinski definition) is 1. The highest BCUT2D eigenvalue weighted by Gasteiger charge is 2.13.